The maximum absolute atomic E-state index is 12.7. The van der Waals surface area contributed by atoms with Crippen molar-refractivity contribution < 1.29 is 19.2 Å². The van der Waals surface area contributed by atoms with Gasteiger partial charge in [-0.25, -0.2) is 4.79 Å². The highest BCUT2D eigenvalue weighted by Crippen LogP contribution is 2.28. The van der Waals surface area contributed by atoms with E-state index in [2.05, 4.69) is 17.1 Å². The molecule has 7 nitrogen and oxygen atoms in total. The number of aromatic nitrogens is 2. The van der Waals surface area contributed by atoms with E-state index >= 15 is 0 Å². The van der Waals surface area contributed by atoms with Gasteiger partial charge in [0.2, 0.25) is 0 Å². The van der Waals surface area contributed by atoms with Crippen LogP contribution in [0, 0.1) is 0 Å². The molecule has 0 saturated carbocycles. The lowest BCUT2D eigenvalue weighted by Crippen LogP contribution is -2.40. The molecule has 1 amide bonds. The number of carbonyl (C=O) groups is 2. The molecule has 8 heteroatoms. The first-order chi connectivity index (χ1) is 19.4. The molecular weight excluding hydrogens is 526 g/mol. The van der Waals surface area contributed by atoms with Crippen molar-refractivity contribution in [2.75, 3.05) is 6.54 Å². The molecule has 0 bridgehead atoms. The van der Waals surface area contributed by atoms with Gasteiger partial charge in [0.15, 0.2) is 5.82 Å². The van der Waals surface area contributed by atoms with Gasteiger partial charge in [0, 0.05) is 23.6 Å². The van der Waals surface area contributed by atoms with Gasteiger partial charge in [-0.3, -0.25) is 4.79 Å². The van der Waals surface area contributed by atoms with Crippen LogP contribution in [0.15, 0.2) is 53.1 Å². The second kappa shape index (κ2) is 16.8. The number of hydrogen-bond donors (Lipinski definition) is 1. The van der Waals surface area contributed by atoms with Crippen LogP contribution < -0.4 is 0 Å². The molecule has 1 atom stereocenters. The molecular formula is C32H42ClN3O4. The Labute approximate surface area is 242 Å². The van der Waals surface area contributed by atoms with E-state index in [1.54, 1.807) is 6.07 Å². The predicted octanol–water partition coefficient (Wildman–Crippen LogP) is 8.07. The van der Waals surface area contributed by atoms with E-state index in [-0.39, 0.29) is 12.6 Å². The number of carbonyl (C=O) groups excluding carboxylic acids is 1. The van der Waals surface area contributed by atoms with Gasteiger partial charge >= 0.3 is 11.9 Å². The molecule has 0 spiro atoms. The van der Waals surface area contributed by atoms with Gasteiger partial charge in [-0.15, -0.1) is 0 Å². The van der Waals surface area contributed by atoms with E-state index in [1.807, 2.05) is 49.4 Å². The summed E-state index contributed by atoms with van der Waals surface area (Å²) in [6.07, 6.45) is 13.3. The van der Waals surface area contributed by atoms with Gasteiger partial charge in [0.25, 0.3) is 5.89 Å². The van der Waals surface area contributed by atoms with Gasteiger partial charge in [-0.05, 0) is 54.7 Å². The molecule has 0 aliphatic heterocycles. The number of carboxylic acids is 1. The van der Waals surface area contributed by atoms with Gasteiger partial charge < -0.3 is 14.5 Å². The highest BCUT2D eigenvalue weighted by atomic mass is 35.5. The third kappa shape index (κ3) is 9.77. The fourth-order valence-electron chi connectivity index (χ4n) is 5.01. The van der Waals surface area contributed by atoms with E-state index < -0.39 is 11.9 Å². The summed E-state index contributed by atoms with van der Waals surface area (Å²) >= 11 is 6.09. The lowest BCUT2D eigenvalue weighted by Gasteiger charge is -2.30. The van der Waals surface area contributed by atoms with Gasteiger partial charge in [0.05, 0.1) is 6.04 Å². The number of carboxylic acid groups (broad SMARTS) is 1. The van der Waals surface area contributed by atoms with Crippen LogP contribution in [0.3, 0.4) is 0 Å². The molecule has 1 unspecified atom stereocenters. The minimum atomic E-state index is -1.47. The molecule has 216 valence electrons. The van der Waals surface area contributed by atoms with E-state index in [4.69, 9.17) is 16.1 Å². The number of amides is 1. The Balaban J connectivity index is 1.57. The van der Waals surface area contributed by atoms with Crippen LogP contribution in [0.1, 0.15) is 101 Å². The molecule has 1 aromatic heterocycles. The van der Waals surface area contributed by atoms with Crippen LogP contribution in [0.2, 0.25) is 5.02 Å². The molecule has 1 heterocycles. The van der Waals surface area contributed by atoms with Crippen molar-refractivity contribution in [3.05, 3.63) is 70.5 Å². The van der Waals surface area contributed by atoms with Crippen molar-refractivity contribution >= 4 is 23.5 Å². The van der Waals surface area contributed by atoms with Crippen LogP contribution in [0.4, 0.5) is 0 Å². The summed E-state index contributed by atoms with van der Waals surface area (Å²) in [6, 6.07) is 14.5. The van der Waals surface area contributed by atoms with E-state index in [0.717, 1.165) is 29.5 Å². The van der Waals surface area contributed by atoms with Crippen molar-refractivity contribution in [2.45, 2.75) is 96.9 Å². The first-order valence-corrected chi connectivity index (χ1v) is 15.0. The number of hydrogen-bond acceptors (Lipinski definition) is 5. The summed E-state index contributed by atoms with van der Waals surface area (Å²) in [7, 11) is 0. The Morgan fingerprint density at radius 1 is 0.925 bits per heavy atom. The van der Waals surface area contributed by atoms with Crippen molar-refractivity contribution in [1.29, 1.82) is 0 Å². The normalized spacial score (nSPS) is 11.9. The van der Waals surface area contributed by atoms with Gasteiger partial charge in [0.1, 0.15) is 0 Å². The van der Waals surface area contributed by atoms with Crippen LogP contribution in [0.5, 0.6) is 0 Å². The standard InChI is InChI=1S/C32H42ClN3O4/c1-3-5-6-7-8-9-10-11-12-16-29-34-30(40-35-29)26-19-17-25(18-20-26)28(4-2)36(31(37)32(38)39)22-21-24-14-13-15-27(33)23-24/h13-15,17-20,23,28H,3-12,16,21-22H2,1-2H3,(H,38,39). The quantitative estimate of drug-likeness (QED) is 0.131. The van der Waals surface area contributed by atoms with Gasteiger partial charge in [-0.1, -0.05) is 106 Å². The van der Waals surface area contributed by atoms with Crippen molar-refractivity contribution in [3.63, 3.8) is 0 Å². The fourth-order valence-corrected chi connectivity index (χ4v) is 5.23. The molecule has 1 N–H and O–H groups in total. The first-order valence-electron chi connectivity index (χ1n) is 14.6. The monoisotopic (exact) mass is 567 g/mol. The molecule has 0 fully saturated rings. The molecule has 0 saturated heterocycles. The maximum Gasteiger partial charge on any atom is 0.394 e. The summed E-state index contributed by atoms with van der Waals surface area (Å²) < 4.78 is 5.51. The van der Waals surface area contributed by atoms with Crippen LogP contribution in [0.25, 0.3) is 11.5 Å². The lowest BCUT2D eigenvalue weighted by molar-refractivity contribution is -0.157. The average molecular weight is 568 g/mol. The van der Waals surface area contributed by atoms with E-state index in [0.29, 0.717) is 29.6 Å². The Bertz CT molecular complexity index is 1190. The fraction of sp³-hybridized carbons (Fsp3) is 0.500. The molecule has 3 aromatic rings. The maximum atomic E-state index is 12.7. The molecule has 2 aromatic carbocycles. The summed E-state index contributed by atoms with van der Waals surface area (Å²) in [4.78, 5) is 30.3. The van der Waals surface area contributed by atoms with Crippen LogP contribution in [-0.4, -0.2) is 38.6 Å². The van der Waals surface area contributed by atoms with Crippen LogP contribution >= 0.6 is 11.6 Å². The number of aliphatic carboxylic acids is 1. The Morgan fingerprint density at radius 3 is 2.23 bits per heavy atom. The zero-order valence-corrected chi connectivity index (χ0v) is 24.5. The second-order valence-electron chi connectivity index (χ2n) is 10.3. The summed E-state index contributed by atoms with van der Waals surface area (Å²) in [5.41, 5.74) is 2.58. The molecule has 0 aliphatic rings. The molecule has 0 radical (unpaired) electrons. The Hall–Kier alpha value is -3.19. The number of aryl methyl sites for hydroxylation is 1. The third-order valence-corrected chi connectivity index (χ3v) is 7.49. The van der Waals surface area contributed by atoms with E-state index in [1.165, 1.54) is 56.3 Å². The number of rotatable bonds is 17. The summed E-state index contributed by atoms with van der Waals surface area (Å²) in [6.45, 7) is 4.45. The highest BCUT2D eigenvalue weighted by Gasteiger charge is 2.28. The lowest BCUT2D eigenvalue weighted by atomic mass is 10.00. The van der Waals surface area contributed by atoms with Crippen LogP contribution in [-0.2, 0) is 22.4 Å². The first kappa shape index (κ1) is 31.3. The van der Waals surface area contributed by atoms with Crippen molar-refractivity contribution in [3.8, 4) is 11.5 Å². The second-order valence-corrected chi connectivity index (χ2v) is 10.8. The SMILES string of the molecule is CCCCCCCCCCCc1noc(-c2ccc(C(CC)N(CCc3cccc(Cl)c3)C(=O)C(=O)O)cc2)n1. The molecule has 40 heavy (non-hydrogen) atoms. The number of unbranched alkanes of at least 4 members (excludes halogenated alkanes) is 8. The van der Waals surface area contributed by atoms with Crippen molar-refractivity contribution in [1.82, 2.24) is 15.0 Å². The minimum Gasteiger partial charge on any atom is -0.474 e. The smallest absolute Gasteiger partial charge is 0.394 e. The predicted molar refractivity (Wildman–Crippen MR) is 158 cm³/mol. The van der Waals surface area contributed by atoms with Crippen molar-refractivity contribution in [2.24, 2.45) is 0 Å². The molecule has 0 aliphatic carbocycles. The number of halogens is 1. The zero-order chi connectivity index (χ0) is 28.7. The minimum absolute atomic E-state index is 0.262. The van der Waals surface area contributed by atoms with E-state index in [9.17, 15) is 14.7 Å². The summed E-state index contributed by atoms with van der Waals surface area (Å²) in [5.74, 6) is -1.21. The zero-order valence-electron chi connectivity index (χ0n) is 23.8. The summed E-state index contributed by atoms with van der Waals surface area (Å²) in [5, 5.41) is 14.2. The number of benzene rings is 2. The Kier molecular flexibility index (Phi) is 13.2. The Morgan fingerprint density at radius 2 is 1.60 bits per heavy atom. The average Bonchev–Trinajstić information content (AvgIpc) is 3.43. The van der Waals surface area contributed by atoms with Gasteiger partial charge in [-0.2, -0.15) is 4.98 Å². The third-order valence-electron chi connectivity index (χ3n) is 7.25. The molecule has 3 rings (SSSR count). The number of nitrogens with zero attached hydrogens (tertiary/aromatic N) is 3. The highest BCUT2D eigenvalue weighted by molar-refractivity contribution is 6.31. The largest absolute Gasteiger partial charge is 0.474 e. The topological polar surface area (TPSA) is 96.5 Å².